The van der Waals surface area contributed by atoms with Crippen LogP contribution >= 0.6 is 0 Å². The first-order valence-electron chi connectivity index (χ1n) is 8.27. The lowest BCUT2D eigenvalue weighted by atomic mass is 10.2. The summed E-state index contributed by atoms with van der Waals surface area (Å²) >= 11 is 0. The third kappa shape index (κ3) is 4.87. The molecule has 0 saturated carbocycles. The Kier molecular flexibility index (Phi) is 5.75. The van der Waals surface area contributed by atoms with Crippen LogP contribution in [0.15, 0.2) is 59.7 Å². The summed E-state index contributed by atoms with van der Waals surface area (Å²) in [5.74, 6) is -0.175. The van der Waals surface area contributed by atoms with Crippen molar-refractivity contribution in [3.8, 4) is 5.75 Å². The molecule has 1 N–H and O–H groups in total. The molecule has 6 nitrogen and oxygen atoms in total. The monoisotopic (exact) mass is 373 g/mol. The number of benzene rings is 2. The maximum atomic E-state index is 12.4. The topological polar surface area (TPSA) is 73.2 Å². The van der Waals surface area contributed by atoms with Crippen LogP contribution in [0.4, 0.5) is 8.78 Å². The van der Waals surface area contributed by atoms with E-state index in [1.54, 1.807) is 36.4 Å². The predicted octanol–water partition coefficient (Wildman–Crippen LogP) is 2.70. The van der Waals surface area contributed by atoms with E-state index < -0.39 is 6.61 Å². The zero-order valence-electron chi connectivity index (χ0n) is 14.3. The molecule has 0 spiro atoms. The van der Waals surface area contributed by atoms with E-state index in [4.69, 9.17) is 0 Å². The standard InChI is InChI=1S/C19H17F2N3O3/c20-19(21)27-14-7-5-13(6-8-14)11-22-17(25)9-10-24-12-23-16-4-2-1-3-15(16)18(24)26/h1-8,12,19H,9-11H2,(H,22,25). The number of nitrogens with one attached hydrogen (secondary N) is 1. The maximum absolute atomic E-state index is 12.4. The third-order valence-corrected chi connectivity index (χ3v) is 3.95. The second-order valence-electron chi connectivity index (χ2n) is 5.81. The van der Waals surface area contributed by atoms with Crippen molar-refractivity contribution in [2.75, 3.05) is 0 Å². The van der Waals surface area contributed by atoms with E-state index in [9.17, 15) is 18.4 Å². The lowest BCUT2D eigenvalue weighted by Crippen LogP contribution is -2.27. The van der Waals surface area contributed by atoms with E-state index in [0.29, 0.717) is 10.9 Å². The van der Waals surface area contributed by atoms with Crippen LogP contribution in [0.2, 0.25) is 0 Å². The number of carbonyl (C=O) groups is 1. The number of hydrogen-bond donors (Lipinski definition) is 1. The number of alkyl halides is 2. The molecule has 140 valence electrons. The van der Waals surface area contributed by atoms with E-state index in [-0.39, 0.29) is 36.7 Å². The Hall–Kier alpha value is -3.29. The molecule has 8 heteroatoms. The second kappa shape index (κ2) is 8.39. The molecule has 1 aromatic heterocycles. The van der Waals surface area contributed by atoms with Gasteiger partial charge in [-0.25, -0.2) is 4.98 Å². The van der Waals surface area contributed by atoms with Gasteiger partial charge in [0.15, 0.2) is 0 Å². The van der Waals surface area contributed by atoms with Crippen LogP contribution < -0.4 is 15.6 Å². The lowest BCUT2D eigenvalue weighted by molar-refractivity contribution is -0.121. The Morgan fingerprint density at radius 3 is 2.63 bits per heavy atom. The SMILES string of the molecule is O=C(CCn1cnc2ccccc2c1=O)NCc1ccc(OC(F)F)cc1. The van der Waals surface area contributed by atoms with E-state index in [0.717, 1.165) is 5.56 Å². The van der Waals surface area contributed by atoms with Crippen molar-refractivity contribution in [3.05, 3.63) is 70.8 Å². The molecule has 0 aliphatic rings. The van der Waals surface area contributed by atoms with Crippen molar-refractivity contribution in [2.24, 2.45) is 0 Å². The first kappa shape index (κ1) is 18.5. The number of fused-ring (bicyclic) bond motifs is 1. The molecule has 0 unspecified atom stereocenters. The van der Waals surface area contributed by atoms with Gasteiger partial charge in [-0.2, -0.15) is 8.78 Å². The number of para-hydroxylation sites is 1. The minimum atomic E-state index is -2.87. The molecule has 0 bridgehead atoms. The van der Waals surface area contributed by atoms with Gasteiger partial charge in [-0.15, -0.1) is 0 Å². The molecule has 0 aliphatic heterocycles. The van der Waals surface area contributed by atoms with Gasteiger partial charge in [0.05, 0.1) is 17.2 Å². The Labute approximate surface area is 153 Å². The van der Waals surface area contributed by atoms with Crippen molar-refractivity contribution >= 4 is 16.8 Å². The normalized spacial score (nSPS) is 10.9. The number of rotatable bonds is 7. The van der Waals surface area contributed by atoms with E-state index in [1.807, 2.05) is 0 Å². The molecule has 3 rings (SSSR count). The summed E-state index contributed by atoms with van der Waals surface area (Å²) in [5, 5.41) is 3.23. The molecule has 27 heavy (non-hydrogen) atoms. The van der Waals surface area contributed by atoms with E-state index in [2.05, 4.69) is 15.0 Å². The summed E-state index contributed by atoms with van der Waals surface area (Å²) in [5.41, 5.74) is 1.17. The number of aryl methyl sites for hydroxylation is 1. The smallest absolute Gasteiger partial charge is 0.387 e. The fourth-order valence-corrected chi connectivity index (χ4v) is 2.57. The predicted molar refractivity (Wildman–Crippen MR) is 95.5 cm³/mol. The van der Waals surface area contributed by atoms with Crippen LogP contribution in [0.5, 0.6) is 5.75 Å². The fourth-order valence-electron chi connectivity index (χ4n) is 2.57. The first-order valence-corrected chi connectivity index (χ1v) is 8.27. The Bertz CT molecular complexity index is 987. The van der Waals surface area contributed by atoms with Crippen molar-refractivity contribution < 1.29 is 18.3 Å². The molecule has 0 aliphatic carbocycles. The molecule has 0 radical (unpaired) electrons. The number of amides is 1. The van der Waals surface area contributed by atoms with Crippen LogP contribution in [0.25, 0.3) is 10.9 Å². The highest BCUT2D eigenvalue weighted by Gasteiger charge is 2.07. The van der Waals surface area contributed by atoms with Crippen LogP contribution in [-0.2, 0) is 17.9 Å². The molecular formula is C19H17F2N3O3. The van der Waals surface area contributed by atoms with Crippen molar-refractivity contribution in [1.82, 2.24) is 14.9 Å². The molecular weight excluding hydrogens is 356 g/mol. The molecule has 2 aromatic carbocycles. The van der Waals surface area contributed by atoms with Crippen LogP contribution in [0.1, 0.15) is 12.0 Å². The number of nitrogens with zero attached hydrogens (tertiary/aromatic N) is 2. The summed E-state index contributed by atoms with van der Waals surface area (Å²) in [6.45, 7) is -2.41. The first-order chi connectivity index (χ1) is 13.0. The minimum absolute atomic E-state index is 0.0586. The van der Waals surface area contributed by atoms with E-state index >= 15 is 0 Å². The van der Waals surface area contributed by atoms with Gasteiger partial charge in [0.2, 0.25) is 5.91 Å². The summed E-state index contributed by atoms with van der Waals surface area (Å²) in [7, 11) is 0. The van der Waals surface area contributed by atoms with Crippen LogP contribution in [0.3, 0.4) is 0 Å². The lowest BCUT2D eigenvalue weighted by Gasteiger charge is -2.09. The summed E-state index contributed by atoms with van der Waals surface area (Å²) in [4.78, 5) is 28.6. The van der Waals surface area contributed by atoms with Crippen molar-refractivity contribution in [1.29, 1.82) is 0 Å². The second-order valence-corrected chi connectivity index (χ2v) is 5.81. The van der Waals surface area contributed by atoms with Crippen molar-refractivity contribution in [3.63, 3.8) is 0 Å². The Morgan fingerprint density at radius 2 is 1.89 bits per heavy atom. The third-order valence-electron chi connectivity index (χ3n) is 3.95. The van der Waals surface area contributed by atoms with Gasteiger partial charge in [0.25, 0.3) is 5.56 Å². The quantitative estimate of drug-likeness (QED) is 0.691. The maximum Gasteiger partial charge on any atom is 0.387 e. The van der Waals surface area contributed by atoms with Gasteiger partial charge in [-0.05, 0) is 29.8 Å². The largest absolute Gasteiger partial charge is 0.435 e. The number of hydrogen-bond acceptors (Lipinski definition) is 4. The molecule has 0 fully saturated rings. The zero-order chi connectivity index (χ0) is 19.2. The highest BCUT2D eigenvalue weighted by atomic mass is 19.3. The average molecular weight is 373 g/mol. The number of ether oxygens (including phenoxy) is 1. The van der Waals surface area contributed by atoms with Crippen LogP contribution in [-0.4, -0.2) is 22.1 Å². The highest BCUT2D eigenvalue weighted by Crippen LogP contribution is 2.14. The molecule has 1 amide bonds. The Balaban J connectivity index is 1.53. The van der Waals surface area contributed by atoms with Crippen molar-refractivity contribution in [2.45, 2.75) is 26.1 Å². The zero-order valence-corrected chi connectivity index (χ0v) is 14.3. The summed E-state index contributed by atoms with van der Waals surface area (Å²) in [6, 6.07) is 13.0. The van der Waals surface area contributed by atoms with E-state index in [1.165, 1.54) is 23.0 Å². The van der Waals surface area contributed by atoms with Crippen LogP contribution in [0, 0.1) is 0 Å². The average Bonchev–Trinajstić information content (AvgIpc) is 2.67. The number of halogens is 2. The van der Waals surface area contributed by atoms with Gasteiger partial charge in [0, 0.05) is 19.5 Å². The molecule has 1 heterocycles. The number of aromatic nitrogens is 2. The van der Waals surface area contributed by atoms with Gasteiger partial charge < -0.3 is 10.1 Å². The molecule has 3 aromatic rings. The molecule has 0 saturated heterocycles. The van der Waals surface area contributed by atoms with Gasteiger partial charge >= 0.3 is 6.61 Å². The minimum Gasteiger partial charge on any atom is -0.435 e. The summed E-state index contributed by atoms with van der Waals surface area (Å²) < 4.78 is 29.9. The highest BCUT2D eigenvalue weighted by molar-refractivity contribution is 5.77. The summed E-state index contributed by atoms with van der Waals surface area (Å²) in [6.07, 6.45) is 1.55. The molecule has 0 atom stereocenters. The number of carbonyl (C=O) groups excluding carboxylic acids is 1. The van der Waals surface area contributed by atoms with Gasteiger partial charge in [0.1, 0.15) is 5.75 Å². The van der Waals surface area contributed by atoms with Gasteiger partial charge in [-0.3, -0.25) is 14.2 Å². The fraction of sp³-hybridized carbons (Fsp3) is 0.211. The van der Waals surface area contributed by atoms with Gasteiger partial charge in [-0.1, -0.05) is 24.3 Å². The Morgan fingerprint density at radius 1 is 1.15 bits per heavy atom.